The molecular formula is C25H32Cl2N2O4. The second-order valence-corrected chi connectivity index (χ2v) is 8.77. The number of rotatable bonds is 11. The number of hydrogen-bond donors (Lipinski definition) is 1. The van der Waals surface area contributed by atoms with Gasteiger partial charge in [0.2, 0.25) is 11.8 Å². The quantitative estimate of drug-likeness (QED) is 0.461. The van der Waals surface area contributed by atoms with Gasteiger partial charge in [0.25, 0.3) is 0 Å². The van der Waals surface area contributed by atoms with Crippen molar-refractivity contribution in [3.8, 4) is 11.5 Å². The Balaban J connectivity index is 2.21. The average molecular weight is 495 g/mol. The van der Waals surface area contributed by atoms with Gasteiger partial charge in [-0.1, -0.05) is 42.3 Å². The van der Waals surface area contributed by atoms with Crippen molar-refractivity contribution in [2.75, 3.05) is 14.2 Å². The highest BCUT2D eigenvalue weighted by Crippen LogP contribution is 2.28. The van der Waals surface area contributed by atoms with E-state index in [4.69, 9.17) is 32.7 Å². The largest absolute Gasteiger partial charge is 0.493 e. The summed E-state index contributed by atoms with van der Waals surface area (Å²) >= 11 is 12.2. The highest BCUT2D eigenvalue weighted by atomic mass is 35.5. The van der Waals surface area contributed by atoms with Crippen LogP contribution >= 0.6 is 23.2 Å². The number of nitrogens with one attached hydrogen (secondary N) is 1. The molecule has 0 aliphatic carbocycles. The van der Waals surface area contributed by atoms with Gasteiger partial charge in [0.15, 0.2) is 11.5 Å². The lowest BCUT2D eigenvalue weighted by molar-refractivity contribution is -0.140. The van der Waals surface area contributed by atoms with Crippen LogP contribution in [-0.2, 0) is 22.6 Å². The second kappa shape index (κ2) is 12.7. The van der Waals surface area contributed by atoms with Crippen molar-refractivity contribution in [3.63, 3.8) is 0 Å². The summed E-state index contributed by atoms with van der Waals surface area (Å²) in [5.74, 6) is 0.909. The van der Waals surface area contributed by atoms with E-state index in [-0.39, 0.29) is 30.8 Å². The first-order valence-corrected chi connectivity index (χ1v) is 11.7. The number of carbonyl (C=O) groups excluding carboxylic acids is 2. The van der Waals surface area contributed by atoms with Gasteiger partial charge >= 0.3 is 0 Å². The molecule has 0 radical (unpaired) electrons. The summed E-state index contributed by atoms with van der Waals surface area (Å²) in [5.41, 5.74) is 1.74. The molecule has 0 unspecified atom stereocenters. The number of methoxy groups -OCH3 is 2. The first kappa shape index (κ1) is 26.8. The molecule has 33 heavy (non-hydrogen) atoms. The van der Waals surface area contributed by atoms with Gasteiger partial charge in [-0.25, -0.2) is 0 Å². The van der Waals surface area contributed by atoms with E-state index < -0.39 is 6.04 Å². The number of aryl methyl sites for hydroxylation is 1. The number of amides is 2. The van der Waals surface area contributed by atoms with Crippen LogP contribution in [0.3, 0.4) is 0 Å². The number of halogens is 2. The minimum absolute atomic E-state index is 0.0219. The predicted molar refractivity (Wildman–Crippen MR) is 132 cm³/mol. The van der Waals surface area contributed by atoms with Gasteiger partial charge in [-0.2, -0.15) is 0 Å². The van der Waals surface area contributed by atoms with E-state index in [0.717, 1.165) is 17.5 Å². The predicted octanol–water partition coefficient (Wildman–Crippen LogP) is 5.28. The maximum absolute atomic E-state index is 13.3. The Morgan fingerprint density at radius 1 is 0.970 bits per heavy atom. The molecule has 8 heteroatoms. The molecule has 2 rings (SSSR count). The van der Waals surface area contributed by atoms with E-state index in [2.05, 4.69) is 5.32 Å². The number of carbonyl (C=O) groups is 2. The zero-order valence-corrected chi connectivity index (χ0v) is 21.3. The van der Waals surface area contributed by atoms with Gasteiger partial charge in [0.05, 0.1) is 24.3 Å². The molecule has 2 aromatic rings. The Morgan fingerprint density at radius 2 is 1.64 bits per heavy atom. The third kappa shape index (κ3) is 7.54. The highest BCUT2D eigenvalue weighted by molar-refractivity contribution is 6.42. The molecule has 1 N–H and O–H groups in total. The van der Waals surface area contributed by atoms with Gasteiger partial charge < -0.3 is 19.7 Å². The zero-order valence-electron chi connectivity index (χ0n) is 19.8. The molecule has 0 saturated carbocycles. The minimum atomic E-state index is -0.647. The topological polar surface area (TPSA) is 67.9 Å². The van der Waals surface area contributed by atoms with E-state index in [1.54, 1.807) is 38.2 Å². The van der Waals surface area contributed by atoms with Gasteiger partial charge in [0.1, 0.15) is 6.04 Å². The van der Waals surface area contributed by atoms with Crippen molar-refractivity contribution < 1.29 is 19.1 Å². The summed E-state index contributed by atoms with van der Waals surface area (Å²) in [6.45, 7) is 5.92. The summed E-state index contributed by atoms with van der Waals surface area (Å²) in [4.78, 5) is 27.7. The Labute approximate surface area is 206 Å². The van der Waals surface area contributed by atoms with Crippen LogP contribution in [0, 0.1) is 0 Å². The fourth-order valence-corrected chi connectivity index (χ4v) is 3.63. The van der Waals surface area contributed by atoms with E-state index in [9.17, 15) is 9.59 Å². The molecule has 2 atom stereocenters. The van der Waals surface area contributed by atoms with Crippen LogP contribution in [-0.4, -0.2) is 43.0 Å². The Morgan fingerprint density at radius 3 is 2.24 bits per heavy atom. The van der Waals surface area contributed by atoms with E-state index in [1.165, 1.54) is 0 Å². The number of hydrogen-bond acceptors (Lipinski definition) is 4. The normalized spacial score (nSPS) is 12.6. The molecule has 0 saturated heterocycles. The van der Waals surface area contributed by atoms with Gasteiger partial charge in [-0.15, -0.1) is 0 Å². The third-order valence-electron chi connectivity index (χ3n) is 5.58. The van der Waals surface area contributed by atoms with Crippen LogP contribution in [0.5, 0.6) is 11.5 Å². The average Bonchev–Trinajstić information content (AvgIpc) is 2.82. The third-order valence-corrected chi connectivity index (χ3v) is 6.32. The van der Waals surface area contributed by atoms with Crippen LogP contribution in [0.4, 0.5) is 0 Å². The molecule has 0 aliphatic heterocycles. The van der Waals surface area contributed by atoms with Crippen LogP contribution < -0.4 is 14.8 Å². The zero-order chi connectivity index (χ0) is 24.5. The van der Waals surface area contributed by atoms with Gasteiger partial charge in [-0.3, -0.25) is 9.59 Å². The lowest BCUT2D eigenvalue weighted by Crippen LogP contribution is -2.49. The minimum Gasteiger partial charge on any atom is -0.493 e. The Bertz CT molecular complexity index is 967. The van der Waals surface area contributed by atoms with Crippen LogP contribution in [0.1, 0.15) is 44.7 Å². The lowest BCUT2D eigenvalue weighted by atomic mass is 10.1. The van der Waals surface area contributed by atoms with Crippen molar-refractivity contribution in [2.45, 2.75) is 58.7 Å². The molecule has 180 valence electrons. The molecule has 0 heterocycles. The monoisotopic (exact) mass is 494 g/mol. The van der Waals surface area contributed by atoms with Crippen LogP contribution in [0.15, 0.2) is 36.4 Å². The fraction of sp³-hybridized carbons (Fsp3) is 0.440. The molecule has 6 nitrogen and oxygen atoms in total. The van der Waals surface area contributed by atoms with Crippen molar-refractivity contribution in [2.24, 2.45) is 0 Å². The summed E-state index contributed by atoms with van der Waals surface area (Å²) in [6.07, 6.45) is 1.53. The number of benzene rings is 2. The molecule has 2 amide bonds. The molecular weight excluding hydrogens is 463 g/mol. The fourth-order valence-electron chi connectivity index (χ4n) is 3.31. The maximum atomic E-state index is 13.3. The molecule has 0 fully saturated rings. The smallest absolute Gasteiger partial charge is 0.242 e. The first-order chi connectivity index (χ1) is 15.7. The number of nitrogens with zero attached hydrogens (tertiary/aromatic N) is 1. The van der Waals surface area contributed by atoms with E-state index in [1.807, 2.05) is 38.1 Å². The molecule has 0 aromatic heterocycles. The van der Waals surface area contributed by atoms with E-state index >= 15 is 0 Å². The lowest BCUT2D eigenvalue weighted by Gasteiger charge is -2.30. The Kier molecular flexibility index (Phi) is 10.3. The van der Waals surface area contributed by atoms with Gasteiger partial charge in [0, 0.05) is 19.0 Å². The van der Waals surface area contributed by atoms with Crippen molar-refractivity contribution in [1.82, 2.24) is 10.2 Å². The molecule has 0 spiro atoms. The van der Waals surface area contributed by atoms with E-state index in [0.29, 0.717) is 28.0 Å². The molecule has 0 aliphatic rings. The highest BCUT2D eigenvalue weighted by Gasteiger charge is 2.26. The second-order valence-electron chi connectivity index (χ2n) is 7.95. The summed E-state index contributed by atoms with van der Waals surface area (Å²) in [5, 5.41) is 3.81. The molecule has 2 aromatic carbocycles. The van der Waals surface area contributed by atoms with Crippen molar-refractivity contribution in [1.29, 1.82) is 0 Å². The maximum Gasteiger partial charge on any atom is 0.242 e. The standard InChI is InChI=1S/C25H32Cl2N2O4/c1-6-16(2)28-25(31)17(3)29(15-19-7-10-20(26)21(27)13-19)24(30)12-9-18-8-11-22(32-4)23(14-18)33-5/h7-8,10-11,13-14,16-17H,6,9,12,15H2,1-5H3,(H,28,31)/t16-,17+/m1/s1. The summed E-state index contributed by atoms with van der Waals surface area (Å²) in [6, 6.07) is 10.2. The van der Waals surface area contributed by atoms with Crippen molar-refractivity contribution >= 4 is 35.0 Å². The summed E-state index contributed by atoms with van der Waals surface area (Å²) < 4.78 is 10.6. The SMILES string of the molecule is CC[C@@H](C)NC(=O)[C@H](C)N(Cc1ccc(Cl)c(Cl)c1)C(=O)CCc1ccc(OC)c(OC)c1. The Hall–Kier alpha value is -2.44. The first-order valence-electron chi connectivity index (χ1n) is 10.9. The van der Waals surface area contributed by atoms with Gasteiger partial charge in [-0.05, 0) is 62.1 Å². The van der Waals surface area contributed by atoms with Crippen molar-refractivity contribution in [3.05, 3.63) is 57.6 Å². The van der Waals surface area contributed by atoms with Crippen LogP contribution in [0.25, 0.3) is 0 Å². The summed E-state index contributed by atoms with van der Waals surface area (Å²) in [7, 11) is 3.15. The number of ether oxygens (including phenoxy) is 2. The van der Waals surface area contributed by atoms with Crippen LogP contribution in [0.2, 0.25) is 10.0 Å². The molecule has 0 bridgehead atoms.